The molecular formula is C14H19N. The molecule has 2 N–H and O–H groups in total. The lowest BCUT2D eigenvalue weighted by molar-refractivity contribution is -0.133. The molecule has 80 valence electrons. The average Bonchev–Trinajstić information content (AvgIpc) is 2.06. The van der Waals surface area contributed by atoms with E-state index in [2.05, 4.69) is 32.0 Å². The molecular weight excluding hydrogens is 182 g/mol. The largest absolute Gasteiger partial charge is 0.330 e. The van der Waals surface area contributed by atoms with Crippen LogP contribution in [0.5, 0.6) is 0 Å². The van der Waals surface area contributed by atoms with Crippen LogP contribution in [0.15, 0.2) is 18.2 Å². The molecule has 0 spiro atoms. The third-order valence-corrected chi connectivity index (χ3v) is 4.58. The van der Waals surface area contributed by atoms with Crippen LogP contribution in [0.3, 0.4) is 0 Å². The molecule has 1 nitrogen and oxygen atoms in total. The van der Waals surface area contributed by atoms with Crippen LogP contribution in [-0.4, -0.2) is 6.54 Å². The molecule has 3 aliphatic carbocycles. The molecule has 0 aromatic heterocycles. The van der Waals surface area contributed by atoms with E-state index in [4.69, 9.17) is 5.73 Å². The van der Waals surface area contributed by atoms with Crippen molar-refractivity contribution in [2.75, 3.05) is 6.54 Å². The summed E-state index contributed by atoms with van der Waals surface area (Å²) in [5.41, 5.74) is 11.4. The zero-order valence-corrected chi connectivity index (χ0v) is 9.64. The highest BCUT2D eigenvalue weighted by molar-refractivity contribution is 5.47. The Morgan fingerprint density at radius 2 is 1.67 bits per heavy atom. The van der Waals surface area contributed by atoms with Gasteiger partial charge in [-0.2, -0.15) is 0 Å². The molecule has 0 radical (unpaired) electrons. The van der Waals surface area contributed by atoms with Crippen molar-refractivity contribution in [3.8, 4) is 0 Å². The van der Waals surface area contributed by atoms with Crippen molar-refractivity contribution in [2.24, 2.45) is 11.1 Å². The lowest BCUT2D eigenvalue weighted by atomic mass is 9.33. The first kappa shape index (κ1) is 9.41. The summed E-state index contributed by atoms with van der Waals surface area (Å²) in [6.07, 6.45) is 4.01. The van der Waals surface area contributed by atoms with Gasteiger partial charge in [0.1, 0.15) is 0 Å². The maximum Gasteiger partial charge on any atom is -0.00196 e. The number of nitrogens with two attached hydrogens (primary N) is 1. The monoisotopic (exact) mass is 201 g/mol. The van der Waals surface area contributed by atoms with Crippen LogP contribution in [0.25, 0.3) is 0 Å². The standard InChI is InChI=1S/C14H19N/c1-10-4-3-5-11(2)12(10)14-6-13(7-14,8-14)9-15/h3-5H,6-9,15H2,1-2H3. The second-order valence-electron chi connectivity index (χ2n) is 5.78. The molecule has 0 aliphatic heterocycles. The Kier molecular flexibility index (Phi) is 1.66. The molecule has 3 aliphatic rings. The molecule has 4 rings (SSSR count). The van der Waals surface area contributed by atoms with Crippen molar-refractivity contribution in [1.29, 1.82) is 0 Å². The second kappa shape index (κ2) is 2.65. The molecule has 1 aromatic carbocycles. The maximum atomic E-state index is 5.82. The predicted molar refractivity (Wildman–Crippen MR) is 62.9 cm³/mol. The summed E-state index contributed by atoms with van der Waals surface area (Å²) in [6, 6.07) is 6.66. The Hall–Kier alpha value is -0.820. The summed E-state index contributed by atoms with van der Waals surface area (Å²) in [5.74, 6) is 0. The molecule has 0 amide bonds. The molecule has 3 saturated carbocycles. The quantitative estimate of drug-likeness (QED) is 0.782. The van der Waals surface area contributed by atoms with E-state index in [9.17, 15) is 0 Å². The van der Waals surface area contributed by atoms with Gasteiger partial charge in [-0.25, -0.2) is 0 Å². The Labute approximate surface area is 91.7 Å². The van der Waals surface area contributed by atoms with E-state index in [1.807, 2.05) is 0 Å². The first-order chi connectivity index (χ1) is 7.11. The number of benzene rings is 1. The minimum absolute atomic E-state index is 0.523. The molecule has 0 atom stereocenters. The van der Waals surface area contributed by atoms with Gasteiger partial charge in [-0.1, -0.05) is 18.2 Å². The zero-order chi connectivity index (χ0) is 10.7. The molecule has 3 fully saturated rings. The minimum Gasteiger partial charge on any atom is -0.330 e. The van der Waals surface area contributed by atoms with Crippen LogP contribution in [0.4, 0.5) is 0 Å². The Morgan fingerprint density at radius 3 is 2.13 bits per heavy atom. The normalized spacial score (nSPS) is 37.0. The Balaban J connectivity index is 1.97. The Morgan fingerprint density at radius 1 is 1.13 bits per heavy atom. The fraction of sp³-hybridized carbons (Fsp3) is 0.571. The smallest absolute Gasteiger partial charge is 0.00196 e. The van der Waals surface area contributed by atoms with Crippen molar-refractivity contribution in [1.82, 2.24) is 0 Å². The number of hydrogen-bond donors (Lipinski definition) is 1. The summed E-state index contributed by atoms with van der Waals surface area (Å²) < 4.78 is 0. The van der Waals surface area contributed by atoms with Gasteiger partial charge in [-0.3, -0.25) is 0 Å². The van der Waals surface area contributed by atoms with E-state index >= 15 is 0 Å². The first-order valence-corrected chi connectivity index (χ1v) is 5.88. The van der Waals surface area contributed by atoms with Crippen LogP contribution < -0.4 is 5.73 Å². The van der Waals surface area contributed by atoms with Crippen molar-refractivity contribution in [2.45, 2.75) is 38.5 Å². The zero-order valence-electron chi connectivity index (χ0n) is 9.64. The highest BCUT2D eigenvalue weighted by Gasteiger charge is 2.67. The first-order valence-electron chi connectivity index (χ1n) is 5.88. The van der Waals surface area contributed by atoms with Gasteiger partial charge in [0, 0.05) is 0 Å². The third-order valence-electron chi connectivity index (χ3n) is 4.58. The Bertz CT molecular complexity index is 379. The number of aryl methyl sites for hydroxylation is 2. The van der Waals surface area contributed by atoms with E-state index in [0.717, 1.165) is 6.54 Å². The van der Waals surface area contributed by atoms with Gasteiger partial charge >= 0.3 is 0 Å². The fourth-order valence-corrected chi connectivity index (χ4v) is 4.13. The van der Waals surface area contributed by atoms with Gasteiger partial charge in [0.2, 0.25) is 0 Å². The van der Waals surface area contributed by atoms with Gasteiger partial charge in [0.25, 0.3) is 0 Å². The molecule has 2 bridgehead atoms. The van der Waals surface area contributed by atoms with E-state index in [1.165, 1.54) is 30.4 Å². The van der Waals surface area contributed by atoms with Crippen LogP contribution in [0.2, 0.25) is 0 Å². The molecule has 1 heteroatoms. The van der Waals surface area contributed by atoms with E-state index in [1.54, 1.807) is 5.56 Å². The van der Waals surface area contributed by atoms with Crippen LogP contribution in [-0.2, 0) is 5.41 Å². The molecule has 0 unspecified atom stereocenters. The van der Waals surface area contributed by atoms with Crippen molar-refractivity contribution >= 4 is 0 Å². The summed E-state index contributed by atoms with van der Waals surface area (Å²) in [5, 5.41) is 0. The number of hydrogen-bond acceptors (Lipinski definition) is 1. The molecule has 1 aromatic rings. The minimum atomic E-state index is 0.523. The third kappa shape index (κ3) is 1.02. The molecule has 15 heavy (non-hydrogen) atoms. The number of rotatable bonds is 2. The second-order valence-corrected chi connectivity index (χ2v) is 5.78. The van der Waals surface area contributed by atoms with Crippen molar-refractivity contribution < 1.29 is 0 Å². The summed E-state index contributed by atoms with van der Waals surface area (Å²) in [4.78, 5) is 0. The van der Waals surface area contributed by atoms with Crippen molar-refractivity contribution in [3.63, 3.8) is 0 Å². The highest BCUT2D eigenvalue weighted by Crippen LogP contribution is 2.73. The van der Waals surface area contributed by atoms with Crippen LogP contribution in [0, 0.1) is 19.3 Å². The van der Waals surface area contributed by atoms with Gasteiger partial charge in [0.05, 0.1) is 0 Å². The van der Waals surface area contributed by atoms with Gasteiger partial charge in [0.15, 0.2) is 0 Å². The lowest BCUT2D eigenvalue weighted by Crippen LogP contribution is -2.67. The topological polar surface area (TPSA) is 26.0 Å². The van der Waals surface area contributed by atoms with E-state index in [0.29, 0.717) is 10.8 Å². The predicted octanol–water partition coefficient (Wildman–Crippen LogP) is 2.68. The van der Waals surface area contributed by atoms with Gasteiger partial charge < -0.3 is 5.73 Å². The van der Waals surface area contributed by atoms with Gasteiger partial charge in [-0.15, -0.1) is 0 Å². The summed E-state index contributed by atoms with van der Waals surface area (Å²) >= 11 is 0. The molecule has 0 heterocycles. The van der Waals surface area contributed by atoms with Crippen LogP contribution in [0.1, 0.15) is 36.0 Å². The summed E-state index contributed by atoms with van der Waals surface area (Å²) in [7, 11) is 0. The highest BCUT2D eigenvalue weighted by atomic mass is 14.8. The molecule has 0 saturated heterocycles. The van der Waals surface area contributed by atoms with E-state index < -0.39 is 0 Å². The van der Waals surface area contributed by atoms with Crippen molar-refractivity contribution in [3.05, 3.63) is 34.9 Å². The maximum absolute atomic E-state index is 5.82. The fourth-order valence-electron chi connectivity index (χ4n) is 4.13. The SMILES string of the molecule is Cc1cccc(C)c1C12CC(CN)(C1)C2. The van der Waals surface area contributed by atoms with Gasteiger partial charge in [-0.05, 0) is 67.2 Å². The van der Waals surface area contributed by atoms with E-state index in [-0.39, 0.29) is 0 Å². The lowest BCUT2D eigenvalue weighted by Gasteiger charge is -2.71. The average molecular weight is 201 g/mol. The van der Waals surface area contributed by atoms with Crippen LogP contribution >= 0.6 is 0 Å². The summed E-state index contributed by atoms with van der Waals surface area (Å²) in [6.45, 7) is 5.38.